The molecule has 12 heteroatoms. The lowest BCUT2D eigenvalue weighted by Gasteiger charge is -2.31. The Hall–Kier alpha value is -3.74. The number of likely N-dealkylation sites (tertiary alicyclic amines) is 1. The number of para-hydroxylation sites is 1. The van der Waals surface area contributed by atoms with Crippen LogP contribution in [-0.2, 0) is 24.3 Å². The van der Waals surface area contributed by atoms with Crippen molar-refractivity contribution in [1.29, 1.82) is 0 Å². The third kappa shape index (κ3) is 6.38. The van der Waals surface area contributed by atoms with Crippen LogP contribution in [-0.4, -0.2) is 77.2 Å². The first kappa shape index (κ1) is 30.3. The van der Waals surface area contributed by atoms with Crippen LogP contribution in [0.4, 0.5) is 0 Å². The van der Waals surface area contributed by atoms with Crippen LogP contribution in [0, 0.1) is 5.92 Å². The highest BCUT2D eigenvalue weighted by atomic mass is 32.2. The van der Waals surface area contributed by atoms with Gasteiger partial charge in [0.05, 0.1) is 28.0 Å². The molecular weight excluding hydrogens is 599 g/mol. The van der Waals surface area contributed by atoms with Crippen molar-refractivity contribution in [2.24, 2.45) is 10.9 Å². The molecule has 2 aromatic carbocycles. The van der Waals surface area contributed by atoms with E-state index in [1.807, 2.05) is 47.5 Å². The summed E-state index contributed by atoms with van der Waals surface area (Å²) in [4.78, 5) is 32.3. The molecule has 1 amide bonds. The number of benzene rings is 2. The summed E-state index contributed by atoms with van der Waals surface area (Å²) in [6, 6.07) is 16.5. The minimum absolute atomic E-state index is 0.134. The number of esters is 1. The van der Waals surface area contributed by atoms with Gasteiger partial charge in [-0.2, -0.15) is 14.4 Å². The first-order chi connectivity index (χ1) is 21.3. The van der Waals surface area contributed by atoms with E-state index in [1.165, 1.54) is 11.8 Å². The number of hydrogen-bond acceptors (Lipinski definition) is 8. The van der Waals surface area contributed by atoms with Gasteiger partial charge < -0.3 is 9.64 Å². The summed E-state index contributed by atoms with van der Waals surface area (Å²) in [5.74, 6) is -0.636. The van der Waals surface area contributed by atoms with Gasteiger partial charge in [0.25, 0.3) is 5.91 Å². The second kappa shape index (κ2) is 13.1. The molecule has 3 aliphatic heterocycles. The van der Waals surface area contributed by atoms with Gasteiger partial charge in [-0.05, 0) is 74.7 Å². The summed E-state index contributed by atoms with van der Waals surface area (Å²) in [7, 11) is -3.64. The number of sulfonamides is 1. The van der Waals surface area contributed by atoms with Gasteiger partial charge in [-0.1, -0.05) is 36.8 Å². The number of thioether (sulfide) groups is 1. The van der Waals surface area contributed by atoms with E-state index in [1.54, 1.807) is 40.2 Å². The molecule has 3 aromatic rings. The maximum absolute atomic E-state index is 13.5. The standard InChI is InChI=1S/C32H35N5O5S2/c1-2-42-31(39)23-14-18-35(19-15-23)32-33-30(38)28(43-32)21-25-22-37(26-11-5-3-6-12-26)34-29(25)24-10-9-13-27(20-24)44(40,41)36-16-7-4-8-17-36/h3,5-6,9-13,20-23H,2,4,7-8,14-19H2,1H3. The lowest BCUT2D eigenvalue weighted by molar-refractivity contribution is -0.149. The Balaban J connectivity index is 1.29. The lowest BCUT2D eigenvalue weighted by atomic mass is 9.97. The second-order valence-electron chi connectivity index (χ2n) is 11.0. The predicted octanol–water partition coefficient (Wildman–Crippen LogP) is 4.96. The number of hydrogen-bond donors (Lipinski definition) is 0. The SMILES string of the molecule is CCOC(=O)C1CCN(C2=NC(=O)C(=Cc3cn(-c4ccccc4)nc3-c3cccc(S(=O)(=O)N4CCCCC4)c3)S2)CC1. The Morgan fingerprint density at radius 2 is 1.77 bits per heavy atom. The number of carbonyl (C=O) groups excluding carboxylic acids is 2. The number of amidine groups is 1. The number of amides is 1. The smallest absolute Gasteiger partial charge is 0.309 e. The van der Waals surface area contributed by atoms with E-state index in [-0.39, 0.29) is 22.7 Å². The predicted molar refractivity (Wildman–Crippen MR) is 171 cm³/mol. The zero-order valence-electron chi connectivity index (χ0n) is 24.6. The van der Waals surface area contributed by atoms with E-state index in [0.29, 0.717) is 72.5 Å². The molecule has 1 aromatic heterocycles. The van der Waals surface area contributed by atoms with Gasteiger partial charge in [0, 0.05) is 43.5 Å². The van der Waals surface area contributed by atoms with Crippen LogP contribution >= 0.6 is 11.8 Å². The highest BCUT2D eigenvalue weighted by Crippen LogP contribution is 2.35. The lowest BCUT2D eigenvalue weighted by Crippen LogP contribution is -2.39. The van der Waals surface area contributed by atoms with Gasteiger partial charge >= 0.3 is 5.97 Å². The maximum Gasteiger partial charge on any atom is 0.309 e. The van der Waals surface area contributed by atoms with E-state index in [4.69, 9.17) is 9.84 Å². The molecule has 2 saturated heterocycles. The average Bonchev–Trinajstić information content (AvgIpc) is 3.65. The minimum Gasteiger partial charge on any atom is -0.466 e. The minimum atomic E-state index is -3.64. The molecule has 0 N–H and O–H groups in total. The topological polar surface area (TPSA) is 114 Å². The first-order valence-electron chi connectivity index (χ1n) is 15.0. The van der Waals surface area contributed by atoms with Crippen molar-refractivity contribution in [3.63, 3.8) is 0 Å². The van der Waals surface area contributed by atoms with Crippen molar-refractivity contribution in [3.8, 4) is 16.9 Å². The van der Waals surface area contributed by atoms with Crippen molar-refractivity contribution >= 4 is 44.9 Å². The molecule has 0 atom stereocenters. The highest BCUT2D eigenvalue weighted by Gasteiger charge is 2.32. The fourth-order valence-corrected chi connectivity index (χ4v) is 8.25. The van der Waals surface area contributed by atoms with Crippen LogP contribution in [0.5, 0.6) is 0 Å². The molecule has 10 nitrogen and oxygen atoms in total. The Kier molecular flexibility index (Phi) is 9.01. The van der Waals surface area contributed by atoms with Gasteiger partial charge in [-0.15, -0.1) is 0 Å². The van der Waals surface area contributed by atoms with Gasteiger partial charge in [-0.3, -0.25) is 9.59 Å². The van der Waals surface area contributed by atoms with E-state index < -0.39 is 10.0 Å². The Morgan fingerprint density at radius 3 is 2.50 bits per heavy atom. The van der Waals surface area contributed by atoms with Crippen molar-refractivity contribution in [2.45, 2.75) is 43.9 Å². The van der Waals surface area contributed by atoms with Gasteiger partial charge in [0.1, 0.15) is 5.69 Å². The summed E-state index contributed by atoms with van der Waals surface area (Å²) < 4.78 is 35.4. The van der Waals surface area contributed by atoms with Gasteiger partial charge in [0.15, 0.2) is 5.17 Å². The number of aliphatic imine (C=N–C) groups is 1. The Bertz CT molecular complexity index is 1700. The number of rotatable bonds is 7. The first-order valence-corrected chi connectivity index (χ1v) is 17.3. The van der Waals surface area contributed by atoms with E-state index >= 15 is 0 Å². The molecule has 3 aliphatic rings. The summed E-state index contributed by atoms with van der Waals surface area (Å²) in [6.07, 6.45) is 7.68. The monoisotopic (exact) mass is 633 g/mol. The Morgan fingerprint density at radius 1 is 1.02 bits per heavy atom. The van der Waals surface area contributed by atoms with E-state index in [0.717, 1.165) is 24.9 Å². The summed E-state index contributed by atoms with van der Waals surface area (Å²) in [5, 5.41) is 5.47. The quantitative estimate of drug-likeness (QED) is 0.265. The Labute approximate surface area is 261 Å². The van der Waals surface area contributed by atoms with Crippen LogP contribution in [0.25, 0.3) is 23.0 Å². The fourth-order valence-electron chi connectivity index (χ4n) is 5.73. The highest BCUT2D eigenvalue weighted by molar-refractivity contribution is 8.18. The largest absolute Gasteiger partial charge is 0.466 e. The number of carbonyl (C=O) groups is 2. The molecule has 0 spiro atoms. The number of piperidine rings is 2. The summed E-state index contributed by atoms with van der Waals surface area (Å²) in [6.45, 7) is 4.45. The molecule has 6 rings (SSSR count). The fraction of sp³-hybridized carbons (Fsp3) is 0.375. The normalized spacial score (nSPS) is 19.4. The van der Waals surface area contributed by atoms with Crippen LogP contribution < -0.4 is 0 Å². The maximum atomic E-state index is 13.5. The molecule has 0 saturated carbocycles. The molecule has 0 unspecified atom stereocenters. The van der Waals surface area contributed by atoms with Crippen LogP contribution in [0.15, 0.2) is 75.6 Å². The van der Waals surface area contributed by atoms with E-state index in [2.05, 4.69) is 4.99 Å². The van der Waals surface area contributed by atoms with Gasteiger partial charge in [-0.25, -0.2) is 13.1 Å². The molecule has 0 bridgehead atoms. The summed E-state index contributed by atoms with van der Waals surface area (Å²) >= 11 is 1.31. The molecule has 44 heavy (non-hydrogen) atoms. The molecule has 2 fully saturated rings. The molecule has 0 radical (unpaired) electrons. The second-order valence-corrected chi connectivity index (χ2v) is 14.0. The zero-order valence-corrected chi connectivity index (χ0v) is 26.2. The van der Waals surface area contributed by atoms with Crippen molar-refractivity contribution < 1.29 is 22.7 Å². The molecular formula is C32H35N5O5S2. The van der Waals surface area contributed by atoms with Crippen molar-refractivity contribution in [2.75, 3.05) is 32.8 Å². The van der Waals surface area contributed by atoms with Crippen LogP contribution in [0.3, 0.4) is 0 Å². The van der Waals surface area contributed by atoms with E-state index in [9.17, 15) is 18.0 Å². The van der Waals surface area contributed by atoms with Crippen LogP contribution in [0.2, 0.25) is 0 Å². The zero-order chi connectivity index (χ0) is 30.7. The molecule has 4 heterocycles. The number of ether oxygens (including phenoxy) is 1. The van der Waals surface area contributed by atoms with Crippen LogP contribution in [0.1, 0.15) is 44.6 Å². The third-order valence-electron chi connectivity index (χ3n) is 8.10. The third-order valence-corrected chi connectivity index (χ3v) is 11.0. The molecule has 0 aliphatic carbocycles. The van der Waals surface area contributed by atoms with Crippen molar-refractivity contribution in [3.05, 3.63) is 71.3 Å². The number of aromatic nitrogens is 2. The number of nitrogens with zero attached hydrogens (tertiary/aromatic N) is 5. The van der Waals surface area contributed by atoms with Crippen molar-refractivity contribution in [1.82, 2.24) is 19.0 Å². The van der Waals surface area contributed by atoms with Gasteiger partial charge in [0.2, 0.25) is 10.0 Å². The molecule has 230 valence electrons. The summed E-state index contributed by atoms with van der Waals surface area (Å²) in [5.41, 5.74) is 2.72. The average molecular weight is 634 g/mol.